The third kappa shape index (κ3) is 3.20. The van der Waals surface area contributed by atoms with E-state index >= 15 is 0 Å². The number of nitrogens with one attached hydrogen (secondary N) is 1. The molecule has 4 nitrogen and oxygen atoms in total. The van der Waals surface area contributed by atoms with E-state index in [1.165, 1.54) is 12.1 Å². The number of anilines is 1. The first kappa shape index (κ1) is 12.8. The molecule has 0 unspecified atom stereocenters. The molecular formula is C14H13F2N3O. The molecule has 1 aromatic carbocycles. The van der Waals surface area contributed by atoms with Crippen LogP contribution in [0.15, 0.2) is 30.5 Å². The van der Waals surface area contributed by atoms with Crippen molar-refractivity contribution in [2.75, 3.05) is 5.32 Å². The Bertz CT molecular complexity index is 600. The molecule has 0 spiro atoms. The van der Waals surface area contributed by atoms with Crippen molar-refractivity contribution in [1.29, 1.82) is 0 Å². The third-order valence-electron chi connectivity index (χ3n) is 2.92. The van der Waals surface area contributed by atoms with Gasteiger partial charge in [0.2, 0.25) is 0 Å². The summed E-state index contributed by atoms with van der Waals surface area (Å²) >= 11 is 0. The predicted molar refractivity (Wildman–Crippen MR) is 69.4 cm³/mol. The van der Waals surface area contributed by atoms with E-state index in [0.717, 1.165) is 24.6 Å². The molecule has 1 N–H and O–H groups in total. The smallest absolute Gasteiger partial charge is 0.318 e. The molecule has 1 fully saturated rings. The van der Waals surface area contributed by atoms with Crippen LogP contribution >= 0.6 is 0 Å². The first-order chi connectivity index (χ1) is 9.70. The standard InChI is InChI=1S/C14H13F2N3O/c15-10-3-1-9(2-4-10)8-20-14-17-7-12(16)13(19-14)18-11-5-6-11/h1-4,7,11H,5-6,8H2,(H,17,18,19). The summed E-state index contributed by atoms with van der Waals surface area (Å²) in [5.74, 6) is -0.634. The van der Waals surface area contributed by atoms with Gasteiger partial charge >= 0.3 is 6.01 Å². The van der Waals surface area contributed by atoms with Crippen molar-refractivity contribution in [3.8, 4) is 6.01 Å². The Morgan fingerprint density at radius 3 is 2.65 bits per heavy atom. The molecule has 0 bridgehead atoms. The van der Waals surface area contributed by atoms with Gasteiger partial charge in [0, 0.05) is 6.04 Å². The number of aromatic nitrogens is 2. The Labute approximate surface area is 114 Å². The van der Waals surface area contributed by atoms with Gasteiger partial charge in [0.1, 0.15) is 12.4 Å². The molecule has 1 aliphatic carbocycles. The van der Waals surface area contributed by atoms with Crippen LogP contribution in [0.3, 0.4) is 0 Å². The number of benzene rings is 1. The van der Waals surface area contributed by atoms with Crippen molar-refractivity contribution in [2.45, 2.75) is 25.5 Å². The van der Waals surface area contributed by atoms with Crippen LogP contribution in [0.5, 0.6) is 6.01 Å². The summed E-state index contributed by atoms with van der Waals surface area (Å²) in [5, 5.41) is 2.97. The highest BCUT2D eigenvalue weighted by Gasteiger charge is 2.23. The molecule has 1 aliphatic rings. The summed E-state index contributed by atoms with van der Waals surface area (Å²) in [6, 6.07) is 6.32. The zero-order chi connectivity index (χ0) is 13.9. The van der Waals surface area contributed by atoms with E-state index in [0.29, 0.717) is 6.04 Å². The van der Waals surface area contributed by atoms with E-state index in [1.54, 1.807) is 12.1 Å². The van der Waals surface area contributed by atoms with E-state index < -0.39 is 5.82 Å². The molecule has 0 aliphatic heterocycles. The minimum Gasteiger partial charge on any atom is -0.459 e. The van der Waals surface area contributed by atoms with Gasteiger partial charge in [0.25, 0.3) is 0 Å². The lowest BCUT2D eigenvalue weighted by Gasteiger charge is -2.08. The van der Waals surface area contributed by atoms with Gasteiger partial charge in [-0.05, 0) is 30.5 Å². The summed E-state index contributed by atoms with van der Waals surface area (Å²) in [6.07, 6.45) is 3.13. The molecule has 20 heavy (non-hydrogen) atoms. The Hall–Kier alpha value is -2.24. The van der Waals surface area contributed by atoms with Crippen LogP contribution in [0.2, 0.25) is 0 Å². The number of halogens is 2. The molecule has 1 saturated carbocycles. The first-order valence-corrected chi connectivity index (χ1v) is 6.37. The highest BCUT2D eigenvalue weighted by atomic mass is 19.1. The summed E-state index contributed by atoms with van der Waals surface area (Å²) in [5.41, 5.74) is 0.788. The molecule has 3 rings (SSSR count). The number of nitrogens with zero attached hydrogens (tertiary/aromatic N) is 2. The van der Waals surface area contributed by atoms with Gasteiger partial charge in [-0.3, -0.25) is 0 Å². The third-order valence-corrected chi connectivity index (χ3v) is 2.92. The number of hydrogen-bond acceptors (Lipinski definition) is 4. The summed E-state index contributed by atoms with van der Waals surface area (Å²) in [6.45, 7) is 0.203. The molecule has 104 valence electrons. The minimum atomic E-state index is -0.494. The maximum Gasteiger partial charge on any atom is 0.318 e. The van der Waals surface area contributed by atoms with Crippen LogP contribution in [0, 0.1) is 11.6 Å². The summed E-state index contributed by atoms with van der Waals surface area (Å²) < 4.78 is 31.6. The molecular weight excluding hydrogens is 264 g/mol. The zero-order valence-electron chi connectivity index (χ0n) is 10.6. The molecule has 6 heteroatoms. The highest BCUT2D eigenvalue weighted by molar-refractivity contribution is 5.38. The molecule has 0 saturated heterocycles. The van der Waals surface area contributed by atoms with E-state index in [-0.39, 0.29) is 24.3 Å². The molecule has 0 atom stereocenters. The normalized spacial score (nSPS) is 14.1. The van der Waals surface area contributed by atoms with Crippen molar-refractivity contribution in [3.05, 3.63) is 47.7 Å². The molecule has 0 radical (unpaired) electrons. The minimum absolute atomic E-state index is 0.0962. The van der Waals surface area contributed by atoms with Crippen molar-refractivity contribution in [2.24, 2.45) is 0 Å². The van der Waals surface area contributed by atoms with Crippen molar-refractivity contribution in [1.82, 2.24) is 9.97 Å². The maximum atomic E-state index is 13.5. The van der Waals surface area contributed by atoms with Gasteiger partial charge in [-0.1, -0.05) is 12.1 Å². The second-order valence-electron chi connectivity index (χ2n) is 4.68. The Kier molecular flexibility index (Phi) is 3.45. The average Bonchev–Trinajstić information content (AvgIpc) is 3.25. The lowest BCUT2D eigenvalue weighted by Crippen LogP contribution is -2.08. The summed E-state index contributed by atoms with van der Waals surface area (Å²) in [4.78, 5) is 7.77. The largest absolute Gasteiger partial charge is 0.459 e. The maximum absolute atomic E-state index is 13.5. The fourth-order valence-corrected chi connectivity index (χ4v) is 1.67. The van der Waals surface area contributed by atoms with Gasteiger partial charge in [0.05, 0.1) is 6.20 Å². The van der Waals surface area contributed by atoms with E-state index in [1.807, 2.05) is 0 Å². The molecule has 0 amide bonds. The Morgan fingerprint density at radius 1 is 1.20 bits per heavy atom. The zero-order valence-corrected chi connectivity index (χ0v) is 10.6. The lowest BCUT2D eigenvalue weighted by atomic mass is 10.2. The lowest BCUT2D eigenvalue weighted by molar-refractivity contribution is 0.279. The van der Waals surface area contributed by atoms with Crippen LogP contribution in [0.1, 0.15) is 18.4 Å². The van der Waals surface area contributed by atoms with Gasteiger partial charge in [-0.25, -0.2) is 13.8 Å². The van der Waals surface area contributed by atoms with Crippen LogP contribution in [-0.2, 0) is 6.61 Å². The van der Waals surface area contributed by atoms with Gasteiger partial charge in [-0.15, -0.1) is 0 Å². The van der Waals surface area contributed by atoms with Crippen molar-refractivity contribution < 1.29 is 13.5 Å². The van der Waals surface area contributed by atoms with Crippen LogP contribution < -0.4 is 10.1 Å². The Morgan fingerprint density at radius 2 is 1.95 bits per heavy atom. The fourth-order valence-electron chi connectivity index (χ4n) is 1.67. The van der Waals surface area contributed by atoms with Crippen LogP contribution in [0.25, 0.3) is 0 Å². The van der Waals surface area contributed by atoms with Crippen LogP contribution in [-0.4, -0.2) is 16.0 Å². The summed E-state index contributed by atoms with van der Waals surface area (Å²) in [7, 11) is 0. The van der Waals surface area contributed by atoms with Gasteiger partial charge < -0.3 is 10.1 Å². The van der Waals surface area contributed by atoms with Crippen molar-refractivity contribution >= 4 is 5.82 Å². The fraction of sp³-hybridized carbons (Fsp3) is 0.286. The molecule has 1 aromatic heterocycles. The average molecular weight is 277 g/mol. The quantitative estimate of drug-likeness (QED) is 0.912. The number of ether oxygens (including phenoxy) is 1. The number of hydrogen-bond donors (Lipinski definition) is 1. The van der Waals surface area contributed by atoms with E-state index in [9.17, 15) is 8.78 Å². The van der Waals surface area contributed by atoms with Crippen molar-refractivity contribution in [3.63, 3.8) is 0 Å². The highest BCUT2D eigenvalue weighted by Crippen LogP contribution is 2.25. The van der Waals surface area contributed by atoms with Gasteiger partial charge in [0.15, 0.2) is 11.6 Å². The van der Waals surface area contributed by atoms with E-state index in [4.69, 9.17) is 4.74 Å². The second-order valence-corrected chi connectivity index (χ2v) is 4.68. The van der Waals surface area contributed by atoms with Gasteiger partial charge in [-0.2, -0.15) is 4.98 Å². The molecule has 2 aromatic rings. The molecule has 1 heterocycles. The predicted octanol–water partition coefficient (Wildman–Crippen LogP) is 2.91. The SMILES string of the molecule is Fc1ccc(COc2ncc(F)c(NC3CC3)n2)cc1. The van der Waals surface area contributed by atoms with E-state index in [2.05, 4.69) is 15.3 Å². The Balaban J connectivity index is 1.65. The topological polar surface area (TPSA) is 47.0 Å². The first-order valence-electron chi connectivity index (χ1n) is 6.37. The second kappa shape index (κ2) is 5.40. The van der Waals surface area contributed by atoms with Crippen LogP contribution in [0.4, 0.5) is 14.6 Å². The monoisotopic (exact) mass is 277 g/mol. The number of rotatable bonds is 5.